The van der Waals surface area contributed by atoms with Crippen LogP contribution >= 0.6 is 0 Å². The fourth-order valence-electron chi connectivity index (χ4n) is 2.16. The third kappa shape index (κ3) is 3.89. The number of anilines is 1. The zero-order valence-corrected chi connectivity index (χ0v) is 12.7. The summed E-state index contributed by atoms with van der Waals surface area (Å²) in [5.41, 5.74) is 3.34. The van der Waals surface area contributed by atoms with Gasteiger partial charge >= 0.3 is 0 Å². The van der Waals surface area contributed by atoms with Gasteiger partial charge in [0.25, 0.3) is 0 Å². The fraction of sp³-hybridized carbons (Fsp3) is 0.294. The van der Waals surface area contributed by atoms with Crippen molar-refractivity contribution < 1.29 is 14.2 Å². The first-order valence-corrected chi connectivity index (χ1v) is 6.80. The van der Waals surface area contributed by atoms with E-state index in [1.54, 1.807) is 21.3 Å². The number of nitrogens with one attached hydrogen (secondary N) is 1. The van der Waals surface area contributed by atoms with E-state index in [1.165, 1.54) is 0 Å². The van der Waals surface area contributed by atoms with E-state index in [4.69, 9.17) is 14.2 Å². The second kappa shape index (κ2) is 7.55. The quantitative estimate of drug-likeness (QED) is 0.846. The van der Waals surface area contributed by atoms with Crippen molar-refractivity contribution in [2.45, 2.75) is 13.2 Å². The summed E-state index contributed by atoms with van der Waals surface area (Å²) in [4.78, 5) is 0. The molecule has 0 amide bonds. The van der Waals surface area contributed by atoms with Crippen LogP contribution < -0.4 is 14.8 Å². The number of hydrogen-bond acceptors (Lipinski definition) is 4. The maximum atomic E-state index is 5.32. The van der Waals surface area contributed by atoms with Crippen LogP contribution in [0.2, 0.25) is 0 Å². The first-order valence-electron chi connectivity index (χ1n) is 6.80. The van der Waals surface area contributed by atoms with Gasteiger partial charge in [0.05, 0.1) is 20.8 Å². The Morgan fingerprint density at radius 3 is 2.38 bits per heavy atom. The fourth-order valence-corrected chi connectivity index (χ4v) is 2.16. The molecule has 0 aromatic heterocycles. The van der Waals surface area contributed by atoms with E-state index >= 15 is 0 Å². The lowest BCUT2D eigenvalue weighted by Gasteiger charge is -2.13. The van der Waals surface area contributed by atoms with Gasteiger partial charge in [-0.15, -0.1) is 0 Å². The predicted molar refractivity (Wildman–Crippen MR) is 84.0 cm³/mol. The van der Waals surface area contributed by atoms with Gasteiger partial charge in [0.15, 0.2) is 11.5 Å². The van der Waals surface area contributed by atoms with Crippen molar-refractivity contribution >= 4 is 5.69 Å². The van der Waals surface area contributed by atoms with E-state index in [9.17, 15) is 0 Å². The molecule has 0 saturated carbocycles. The topological polar surface area (TPSA) is 39.7 Å². The summed E-state index contributed by atoms with van der Waals surface area (Å²) in [6.45, 7) is 1.30. The molecular weight excluding hydrogens is 266 g/mol. The van der Waals surface area contributed by atoms with Gasteiger partial charge in [-0.25, -0.2) is 0 Å². The Morgan fingerprint density at radius 1 is 0.905 bits per heavy atom. The Hall–Kier alpha value is -2.20. The van der Waals surface area contributed by atoms with Gasteiger partial charge in [-0.2, -0.15) is 0 Å². The normalized spacial score (nSPS) is 10.2. The molecule has 0 aliphatic heterocycles. The van der Waals surface area contributed by atoms with Crippen molar-refractivity contribution in [3.8, 4) is 11.5 Å². The lowest BCUT2D eigenvalue weighted by molar-refractivity contribution is 0.185. The molecule has 4 nitrogen and oxygen atoms in total. The van der Waals surface area contributed by atoms with E-state index in [1.807, 2.05) is 30.3 Å². The second-order valence-electron chi connectivity index (χ2n) is 4.63. The van der Waals surface area contributed by atoms with Gasteiger partial charge in [-0.05, 0) is 23.8 Å². The summed E-state index contributed by atoms with van der Waals surface area (Å²) in [6.07, 6.45) is 0. The molecule has 0 aliphatic rings. The molecule has 2 aromatic rings. The number of benzene rings is 2. The molecular formula is C17H21NO3. The van der Waals surface area contributed by atoms with Crippen LogP contribution in [0.5, 0.6) is 11.5 Å². The van der Waals surface area contributed by atoms with Gasteiger partial charge in [-0.3, -0.25) is 0 Å². The maximum absolute atomic E-state index is 5.32. The Bertz CT molecular complexity index is 584. The number of methoxy groups -OCH3 is 3. The Kier molecular flexibility index (Phi) is 5.46. The molecule has 0 atom stereocenters. The zero-order chi connectivity index (χ0) is 15.1. The summed E-state index contributed by atoms with van der Waals surface area (Å²) in [5.74, 6) is 1.48. The average Bonchev–Trinajstić information content (AvgIpc) is 2.54. The smallest absolute Gasteiger partial charge is 0.161 e. The summed E-state index contributed by atoms with van der Waals surface area (Å²) in [5, 5.41) is 3.43. The number of hydrogen-bond donors (Lipinski definition) is 1. The van der Waals surface area contributed by atoms with Crippen molar-refractivity contribution in [3.63, 3.8) is 0 Å². The molecule has 2 aromatic carbocycles. The van der Waals surface area contributed by atoms with E-state index in [-0.39, 0.29) is 0 Å². The molecule has 1 N–H and O–H groups in total. The summed E-state index contributed by atoms with van der Waals surface area (Å²) in [7, 11) is 4.98. The SMILES string of the molecule is COCc1ccccc1NCc1ccc(OC)c(OC)c1. The molecule has 112 valence electrons. The standard InChI is InChI=1S/C17H21NO3/c1-19-12-14-6-4-5-7-15(14)18-11-13-8-9-16(20-2)17(10-13)21-3/h4-10,18H,11-12H2,1-3H3. The Labute approximate surface area is 125 Å². The number of rotatable bonds is 7. The molecule has 0 fully saturated rings. The first-order chi connectivity index (χ1) is 10.3. The molecule has 0 unspecified atom stereocenters. The van der Waals surface area contributed by atoms with Crippen LogP contribution in [0, 0.1) is 0 Å². The van der Waals surface area contributed by atoms with Crippen molar-refractivity contribution in [1.29, 1.82) is 0 Å². The molecule has 21 heavy (non-hydrogen) atoms. The Morgan fingerprint density at radius 2 is 1.67 bits per heavy atom. The molecule has 2 rings (SSSR count). The van der Waals surface area contributed by atoms with Gasteiger partial charge in [0.2, 0.25) is 0 Å². The minimum atomic E-state index is 0.592. The van der Waals surface area contributed by atoms with Crippen molar-refractivity contribution in [2.24, 2.45) is 0 Å². The molecule has 0 spiro atoms. The molecule has 0 heterocycles. The van der Waals surface area contributed by atoms with Crippen LogP contribution in [0.1, 0.15) is 11.1 Å². The van der Waals surface area contributed by atoms with E-state index in [0.717, 1.165) is 28.3 Å². The van der Waals surface area contributed by atoms with E-state index in [0.29, 0.717) is 13.2 Å². The lowest BCUT2D eigenvalue weighted by atomic mass is 10.1. The van der Waals surface area contributed by atoms with Crippen LogP contribution in [-0.4, -0.2) is 21.3 Å². The molecule has 0 radical (unpaired) electrons. The summed E-state index contributed by atoms with van der Waals surface area (Å²) >= 11 is 0. The minimum absolute atomic E-state index is 0.592. The minimum Gasteiger partial charge on any atom is -0.493 e. The van der Waals surface area contributed by atoms with Gasteiger partial charge in [0, 0.05) is 24.9 Å². The van der Waals surface area contributed by atoms with Gasteiger partial charge < -0.3 is 19.5 Å². The predicted octanol–water partition coefficient (Wildman–Crippen LogP) is 3.46. The van der Waals surface area contributed by atoms with Gasteiger partial charge in [-0.1, -0.05) is 24.3 Å². The molecule has 0 saturated heterocycles. The van der Waals surface area contributed by atoms with Crippen LogP contribution in [-0.2, 0) is 17.9 Å². The van der Waals surface area contributed by atoms with Crippen LogP contribution in [0.3, 0.4) is 0 Å². The number of para-hydroxylation sites is 1. The molecule has 0 bridgehead atoms. The highest BCUT2D eigenvalue weighted by molar-refractivity contribution is 5.52. The highest BCUT2D eigenvalue weighted by Crippen LogP contribution is 2.28. The molecule has 0 aliphatic carbocycles. The van der Waals surface area contributed by atoms with Crippen molar-refractivity contribution in [2.75, 3.05) is 26.6 Å². The monoisotopic (exact) mass is 287 g/mol. The third-order valence-corrected chi connectivity index (χ3v) is 3.25. The van der Waals surface area contributed by atoms with Crippen LogP contribution in [0.25, 0.3) is 0 Å². The average molecular weight is 287 g/mol. The maximum Gasteiger partial charge on any atom is 0.161 e. The van der Waals surface area contributed by atoms with E-state index < -0.39 is 0 Å². The second-order valence-corrected chi connectivity index (χ2v) is 4.63. The van der Waals surface area contributed by atoms with Crippen molar-refractivity contribution in [1.82, 2.24) is 0 Å². The van der Waals surface area contributed by atoms with Crippen molar-refractivity contribution in [3.05, 3.63) is 53.6 Å². The van der Waals surface area contributed by atoms with Crippen LogP contribution in [0.15, 0.2) is 42.5 Å². The van der Waals surface area contributed by atoms with Gasteiger partial charge in [0.1, 0.15) is 0 Å². The third-order valence-electron chi connectivity index (χ3n) is 3.25. The van der Waals surface area contributed by atoms with Crippen LogP contribution in [0.4, 0.5) is 5.69 Å². The highest BCUT2D eigenvalue weighted by Gasteiger charge is 2.05. The first kappa shape index (κ1) is 15.2. The molecule has 4 heteroatoms. The van der Waals surface area contributed by atoms with E-state index in [2.05, 4.69) is 17.4 Å². The highest BCUT2D eigenvalue weighted by atomic mass is 16.5. The summed E-state index contributed by atoms with van der Waals surface area (Å²) < 4.78 is 15.8. The largest absolute Gasteiger partial charge is 0.493 e. The number of ether oxygens (including phenoxy) is 3. The zero-order valence-electron chi connectivity index (χ0n) is 12.7. The Balaban J connectivity index is 2.09. The summed E-state index contributed by atoms with van der Waals surface area (Å²) in [6, 6.07) is 14.0. The lowest BCUT2D eigenvalue weighted by Crippen LogP contribution is -2.03.